The minimum Gasteiger partial charge on any atom is -0.444 e. The first-order chi connectivity index (χ1) is 8.74. The Morgan fingerprint density at radius 2 is 2.05 bits per heavy atom. The fraction of sp³-hybridized carbons (Fsp3) is 0.429. The highest BCUT2D eigenvalue weighted by atomic mass is 35.5. The second kappa shape index (κ2) is 6.06. The van der Waals surface area contributed by atoms with Crippen LogP contribution in [0, 0.1) is 6.92 Å². The Hall–Kier alpha value is -1.55. The highest BCUT2D eigenvalue weighted by Gasteiger charge is 2.22. The average Bonchev–Trinajstić information content (AvgIpc) is 2.24. The van der Waals surface area contributed by atoms with Gasteiger partial charge in [-0.15, -0.1) is 0 Å². The van der Waals surface area contributed by atoms with Crippen LogP contribution in [0.3, 0.4) is 0 Å². The maximum Gasteiger partial charge on any atom is 0.408 e. The number of hydrogen-bond donors (Lipinski definition) is 1. The third-order valence-electron chi connectivity index (χ3n) is 2.39. The molecule has 1 unspecified atom stereocenters. The van der Waals surface area contributed by atoms with Crippen LogP contribution in [0.5, 0.6) is 0 Å². The van der Waals surface area contributed by atoms with Gasteiger partial charge in [0.1, 0.15) is 17.9 Å². The standard InChI is InChI=1S/C14H18ClNO3/c1-9-6-5-7-10(15)12(9)11(8-17)16-13(18)19-14(2,3)4/h5-8,11H,1-4H3,(H,16,18). The Kier molecular flexibility index (Phi) is 4.95. The molecule has 1 aromatic rings. The van der Waals surface area contributed by atoms with E-state index in [1.54, 1.807) is 32.9 Å². The van der Waals surface area contributed by atoms with Crippen molar-refractivity contribution in [2.75, 3.05) is 0 Å². The van der Waals surface area contributed by atoms with Crippen molar-refractivity contribution >= 4 is 24.0 Å². The summed E-state index contributed by atoms with van der Waals surface area (Å²) in [5.41, 5.74) is 0.804. The van der Waals surface area contributed by atoms with Crippen LogP contribution in [0.15, 0.2) is 18.2 Å². The van der Waals surface area contributed by atoms with Crippen LogP contribution in [-0.4, -0.2) is 18.0 Å². The van der Waals surface area contributed by atoms with Crippen molar-refractivity contribution < 1.29 is 14.3 Å². The van der Waals surface area contributed by atoms with Crippen molar-refractivity contribution in [1.29, 1.82) is 0 Å². The number of ether oxygens (including phenoxy) is 1. The van der Waals surface area contributed by atoms with Crippen LogP contribution in [0.2, 0.25) is 5.02 Å². The van der Waals surface area contributed by atoms with Gasteiger partial charge in [0.2, 0.25) is 0 Å². The number of aldehydes is 1. The summed E-state index contributed by atoms with van der Waals surface area (Å²) >= 11 is 6.07. The summed E-state index contributed by atoms with van der Waals surface area (Å²) in [5, 5.41) is 2.95. The molecule has 5 heteroatoms. The van der Waals surface area contributed by atoms with Crippen molar-refractivity contribution in [3.63, 3.8) is 0 Å². The first-order valence-corrected chi connectivity index (χ1v) is 6.32. The first-order valence-electron chi connectivity index (χ1n) is 5.94. The van der Waals surface area contributed by atoms with Gasteiger partial charge >= 0.3 is 6.09 Å². The van der Waals surface area contributed by atoms with Crippen molar-refractivity contribution in [1.82, 2.24) is 5.32 Å². The minimum atomic E-state index is -0.816. The zero-order valence-electron chi connectivity index (χ0n) is 11.5. The van der Waals surface area contributed by atoms with Gasteiger partial charge in [-0.3, -0.25) is 0 Å². The molecule has 19 heavy (non-hydrogen) atoms. The Morgan fingerprint density at radius 1 is 1.42 bits per heavy atom. The molecule has 0 aliphatic carbocycles. The molecule has 0 fully saturated rings. The fourth-order valence-corrected chi connectivity index (χ4v) is 1.99. The molecular weight excluding hydrogens is 266 g/mol. The highest BCUT2D eigenvalue weighted by Crippen LogP contribution is 2.25. The minimum absolute atomic E-state index is 0.438. The summed E-state index contributed by atoms with van der Waals surface area (Å²) in [4.78, 5) is 22.9. The summed E-state index contributed by atoms with van der Waals surface area (Å²) < 4.78 is 5.12. The van der Waals surface area contributed by atoms with Crippen LogP contribution < -0.4 is 5.32 Å². The summed E-state index contributed by atoms with van der Waals surface area (Å²) in [5.74, 6) is 0. The van der Waals surface area contributed by atoms with Crippen molar-refractivity contribution in [3.05, 3.63) is 34.3 Å². The molecule has 0 bridgehead atoms. The zero-order valence-corrected chi connectivity index (χ0v) is 12.2. The first kappa shape index (κ1) is 15.5. The molecule has 0 aliphatic rings. The monoisotopic (exact) mass is 283 g/mol. The zero-order chi connectivity index (χ0) is 14.6. The van der Waals surface area contributed by atoms with Gasteiger partial charge in [0, 0.05) is 10.6 Å². The molecule has 0 saturated carbocycles. The molecular formula is C14H18ClNO3. The third kappa shape index (κ3) is 4.56. The lowest BCUT2D eigenvalue weighted by Gasteiger charge is -2.22. The molecule has 1 aromatic carbocycles. The van der Waals surface area contributed by atoms with Crippen LogP contribution in [0.25, 0.3) is 0 Å². The van der Waals surface area contributed by atoms with E-state index in [1.807, 2.05) is 13.0 Å². The van der Waals surface area contributed by atoms with E-state index >= 15 is 0 Å². The number of amides is 1. The molecule has 104 valence electrons. The Bertz CT molecular complexity index is 460. The molecule has 1 rings (SSSR count). The van der Waals surface area contributed by atoms with E-state index in [1.165, 1.54) is 0 Å². The molecule has 0 aliphatic heterocycles. The number of nitrogens with one attached hydrogen (secondary N) is 1. The van der Waals surface area contributed by atoms with E-state index in [4.69, 9.17) is 16.3 Å². The van der Waals surface area contributed by atoms with Gasteiger partial charge in [0.25, 0.3) is 0 Å². The second-order valence-electron chi connectivity index (χ2n) is 5.23. The summed E-state index contributed by atoms with van der Waals surface area (Å²) in [6.45, 7) is 7.09. The van der Waals surface area contributed by atoms with E-state index < -0.39 is 17.7 Å². The van der Waals surface area contributed by atoms with Gasteiger partial charge in [-0.2, -0.15) is 0 Å². The summed E-state index contributed by atoms with van der Waals surface area (Å²) in [6.07, 6.45) is -0.0121. The fourth-order valence-electron chi connectivity index (χ4n) is 1.65. The Balaban J connectivity index is 2.91. The van der Waals surface area contributed by atoms with Crippen LogP contribution in [-0.2, 0) is 9.53 Å². The highest BCUT2D eigenvalue weighted by molar-refractivity contribution is 6.31. The molecule has 0 aromatic heterocycles. The number of carbonyl (C=O) groups is 2. The van der Waals surface area contributed by atoms with E-state index in [9.17, 15) is 9.59 Å². The molecule has 4 nitrogen and oxygen atoms in total. The second-order valence-corrected chi connectivity index (χ2v) is 5.64. The number of alkyl carbamates (subject to hydrolysis) is 1. The van der Waals surface area contributed by atoms with E-state index in [-0.39, 0.29) is 0 Å². The molecule has 1 atom stereocenters. The van der Waals surface area contributed by atoms with Crippen LogP contribution in [0.4, 0.5) is 4.79 Å². The van der Waals surface area contributed by atoms with Gasteiger partial charge < -0.3 is 14.8 Å². The molecule has 0 saturated heterocycles. The molecule has 0 heterocycles. The normalized spacial score (nSPS) is 12.7. The van der Waals surface area contributed by atoms with Gasteiger partial charge in [-0.05, 0) is 39.3 Å². The van der Waals surface area contributed by atoms with Crippen LogP contribution >= 0.6 is 11.6 Å². The van der Waals surface area contributed by atoms with Gasteiger partial charge in [0.05, 0.1) is 0 Å². The number of hydrogen-bond acceptors (Lipinski definition) is 3. The van der Waals surface area contributed by atoms with Gasteiger partial charge in [-0.25, -0.2) is 4.79 Å². The lowest BCUT2D eigenvalue weighted by Crippen LogP contribution is -2.35. The Morgan fingerprint density at radius 3 is 2.53 bits per heavy atom. The Labute approximate surface area is 118 Å². The van der Waals surface area contributed by atoms with Crippen molar-refractivity contribution in [2.45, 2.75) is 39.3 Å². The molecule has 0 spiro atoms. The van der Waals surface area contributed by atoms with Crippen molar-refractivity contribution in [3.8, 4) is 0 Å². The quantitative estimate of drug-likeness (QED) is 0.865. The predicted molar refractivity (Wildman–Crippen MR) is 74.4 cm³/mol. The third-order valence-corrected chi connectivity index (χ3v) is 2.72. The molecule has 0 radical (unpaired) electrons. The average molecular weight is 284 g/mol. The topological polar surface area (TPSA) is 55.4 Å². The van der Waals surface area contributed by atoms with Crippen LogP contribution in [0.1, 0.15) is 37.9 Å². The van der Waals surface area contributed by atoms with Crippen molar-refractivity contribution in [2.24, 2.45) is 0 Å². The summed E-state index contributed by atoms with van der Waals surface area (Å²) in [6, 6.07) is 4.48. The number of rotatable bonds is 3. The van der Waals surface area contributed by atoms with E-state index in [0.29, 0.717) is 16.9 Å². The SMILES string of the molecule is Cc1cccc(Cl)c1C(C=O)NC(=O)OC(C)(C)C. The van der Waals surface area contributed by atoms with Gasteiger partial charge in [-0.1, -0.05) is 23.7 Å². The maximum atomic E-state index is 11.7. The lowest BCUT2D eigenvalue weighted by atomic mass is 10.0. The number of benzene rings is 1. The van der Waals surface area contributed by atoms with E-state index in [2.05, 4.69) is 5.32 Å². The number of aryl methyl sites for hydroxylation is 1. The smallest absolute Gasteiger partial charge is 0.408 e. The predicted octanol–water partition coefficient (Wildman–Crippen LogP) is 3.41. The maximum absolute atomic E-state index is 11.7. The largest absolute Gasteiger partial charge is 0.444 e. The number of carbonyl (C=O) groups excluding carboxylic acids is 2. The van der Waals surface area contributed by atoms with Gasteiger partial charge in [0.15, 0.2) is 0 Å². The summed E-state index contributed by atoms with van der Waals surface area (Å²) in [7, 11) is 0. The molecule has 1 amide bonds. The number of halogens is 1. The lowest BCUT2D eigenvalue weighted by molar-refractivity contribution is -0.109. The van der Waals surface area contributed by atoms with E-state index in [0.717, 1.165) is 5.56 Å². The molecule has 1 N–H and O–H groups in total.